The highest BCUT2D eigenvalue weighted by molar-refractivity contribution is 5.76. The lowest BCUT2D eigenvalue weighted by Crippen LogP contribution is -2.38. The van der Waals surface area contributed by atoms with Gasteiger partial charge in [-0.1, -0.05) is 26.0 Å². The number of phenolic OH excluding ortho intramolecular Hbond substituents is 1. The molecule has 116 valence electrons. The number of rotatable bonds is 4. The van der Waals surface area contributed by atoms with Crippen molar-refractivity contribution in [1.82, 2.24) is 0 Å². The van der Waals surface area contributed by atoms with Crippen molar-refractivity contribution in [2.75, 3.05) is 0 Å². The van der Waals surface area contributed by atoms with E-state index in [9.17, 15) is 9.90 Å². The molecule has 1 saturated carbocycles. The van der Waals surface area contributed by atoms with E-state index in [-0.39, 0.29) is 17.8 Å². The van der Waals surface area contributed by atoms with Crippen LogP contribution in [-0.4, -0.2) is 23.2 Å². The molecule has 1 aromatic carbocycles. The zero-order valence-corrected chi connectivity index (χ0v) is 12.8. The first kappa shape index (κ1) is 15.8. The molecule has 2 rings (SSSR count). The number of aromatic hydroxyl groups is 1. The van der Waals surface area contributed by atoms with E-state index < -0.39 is 6.04 Å². The van der Waals surface area contributed by atoms with Crippen molar-refractivity contribution >= 4 is 5.97 Å². The van der Waals surface area contributed by atoms with Gasteiger partial charge in [0.05, 0.1) is 0 Å². The Labute approximate surface area is 126 Å². The molecule has 4 heteroatoms. The van der Waals surface area contributed by atoms with Gasteiger partial charge in [-0.25, -0.2) is 0 Å². The Kier molecular flexibility index (Phi) is 4.88. The number of carbonyl (C=O) groups excluding carboxylic acids is 1. The molecule has 0 radical (unpaired) electrons. The highest BCUT2D eigenvalue weighted by Gasteiger charge is 2.29. The van der Waals surface area contributed by atoms with Crippen molar-refractivity contribution in [3.63, 3.8) is 0 Å². The van der Waals surface area contributed by atoms with Crippen LogP contribution in [-0.2, 0) is 16.0 Å². The van der Waals surface area contributed by atoms with Crippen molar-refractivity contribution in [2.45, 2.75) is 58.1 Å². The summed E-state index contributed by atoms with van der Waals surface area (Å²) in [7, 11) is 0. The molecule has 0 bridgehead atoms. The number of esters is 1. The first-order chi connectivity index (χ1) is 9.85. The van der Waals surface area contributed by atoms with E-state index in [1.807, 2.05) is 0 Å². The molecule has 1 fully saturated rings. The quantitative estimate of drug-likeness (QED) is 0.837. The van der Waals surface area contributed by atoms with Gasteiger partial charge in [0.25, 0.3) is 0 Å². The SMILES string of the molecule is CC1(C)CCC(OC(=O)[C@H](N)Cc2ccc(O)cc2)CC1. The molecule has 1 aromatic rings. The average Bonchev–Trinajstić information content (AvgIpc) is 2.43. The minimum Gasteiger partial charge on any atom is -0.508 e. The molecule has 0 saturated heterocycles. The van der Waals surface area contributed by atoms with Gasteiger partial charge in [0.15, 0.2) is 0 Å². The topological polar surface area (TPSA) is 72.5 Å². The second-order valence-corrected chi connectivity index (χ2v) is 6.78. The van der Waals surface area contributed by atoms with Gasteiger partial charge >= 0.3 is 5.97 Å². The van der Waals surface area contributed by atoms with Crippen molar-refractivity contribution in [3.05, 3.63) is 29.8 Å². The van der Waals surface area contributed by atoms with Crippen LogP contribution in [0.5, 0.6) is 5.75 Å². The van der Waals surface area contributed by atoms with Crippen LogP contribution < -0.4 is 5.73 Å². The third kappa shape index (κ3) is 4.74. The number of benzene rings is 1. The molecule has 3 N–H and O–H groups in total. The van der Waals surface area contributed by atoms with Gasteiger partial charge in [0.1, 0.15) is 17.9 Å². The highest BCUT2D eigenvalue weighted by Crippen LogP contribution is 2.36. The van der Waals surface area contributed by atoms with Gasteiger partial charge in [-0.3, -0.25) is 4.79 Å². The maximum Gasteiger partial charge on any atom is 0.323 e. The van der Waals surface area contributed by atoms with Crippen LogP contribution in [0.25, 0.3) is 0 Å². The van der Waals surface area contributed by atoms with E-state index in [1.165, 1.54) is 0 Å². The highest BCUT2D eigenvalue weighted by atomic mass is 16.5. The summed E-state index contributed by atoms with van der Waals surface area (Å²) in [6.07, 6.45) is 4.44. The normalized spacial score (nSPS) is 20.0. The van der Waals surface area contributed by atoms with E-state index in [4.69, 9.17) is 10.5 Å². The van der Waals surface area contributed by atoms with Gasteiger partial charge in [0, 0.05) is 0 Å². The van der Waals surface area contributed by atoms with Crippen LogP contribution >= 0.6 is 0 Å². The zero-order valence-electron chi connectivity index (χ0n) is 12.8. The number of hydrogen-bond acceptors (Lipinski definition) is 4. The van der Waals surface area contributed by atoms with Gasteiger partial charge < -0.3 is 15.6 Å². The summed E-state index contributed by atoms with van der Waals surface area (Å²) < 4.78 is 5.53. The maximum absolute atomic E-state index is 12.0. The summed E-state index contributed by atoms with van der Waals surface area (Å²) in [4.78, 5) is 12.0. The fourth-order valence-corrected chi connectivity index (χ4v) is 2.71. The molecule has 0 aromatic heterocycles. The summed E-state index contributed by atoms with van der Waals surface area (Å²) in [5, 5.41) is 9.24. The lowest BCUT2D eigenvalue weighted by molar-refractivity contribution is -0.153. The molecule has 1 aliphatic rings. The molecule has 1 aliphatic carbocycles. The molecule has 0 amide bonds. The smallest absolute Gasteiger partial charge is 0.323 e. The third-order valence-electron chi connectivity index (χ3n) is 4.26. The Hall–Kier alpha value is -1.55. The zero-order chi connectivity index (χ0) is 15.5. The van der Waals surface area contributed by atoms with Gasteiger partial charge in [-0.05, 0) is 55.2 Å². The van der Waals surface area contributed by atoms with Gasteiger partial charge in [-0.15, -0.1) is 0 Å². The lowest BCUT2D eigenvalue weighted by atomic mass is 9.76. The van der Waals surface area contributed by atoms with E-state index in [0.717, 1.165) is 31.2 Å². The Morgan fingerprint density at radius 2 is 1.90 bits per heavy atom. The second kappa shape index (κ2) is 6.48. The molecule has 0 unspecified atom stereocenters. The summed E-state index contributed by atoms with van der Waals surface area (Å²) in [5.74, 6) is -0.118. The van der Waals surface area contributed by atoms with Crippen LogP contribution in [0, 0.1) is 5.41 Å². The number of nitrogens with two attached hydrogens (primary N) is 1. The van der Waals surface area contributed by atoms with Crippen molar-refractivity contribution in [1.29, 1.82) is 0 Å². The predicted molar refractivity (Wildman–Crippen MR) is 81.9 cm³/mol. The number of carbonyl (C=O) groups is 1. The predicted octanol–water partition coefficient (Wildman–Crippen LogP) is 2.77. The average molecular weight is 291 g/mol. The van der Waals surface area contributed by atoms with E-state index in [0.29, 0.717) is 11.8 Å². The monoisotopic (exact) mass is 291 g/mol. The third-order valence-corrected chi connectivity index (χ3v) is 4.26. The van der Waals surface area contributed by atoms with Crippen LogP contribution in [0.2, 0.25) is 0 Å². The molecular weight excluding hydrogens is 266 g/mol. The molecular formula is C17H25NO3. The fraction of sp³-hybridized carbons (Fsp3) is 0.588. The first-order valence-electron chi connectivity index (χ1n) is 7.60. The molecule has 1 atom stereocenters. The lowest BCUT2D eigenvalue weighted by Gasteiger charge is -2.34. The Balaban J connectivity index is 1.81. The Morgan fingerprint density at radius 3 is 2.48 bits per heavy atom. The number of hydrogen-bond donors (Lipinski definition) is 2. The van der Waals surface area contributed by atoms with Crippen LogP contribution in [0.3, 0.4) is 0 Å². The van der Waals surface area contributed by atoms with Gasteiger partial charge in [-0.2, -0.15) is 0 Å². The standard InChI is InChI=1S/C17H25NO3/c1-17(2)9-7-14(8-10-17)21-16(20)15(18)11-12-3-5-13(19)6-4-12/h3-6,14-15,19H,7-11,18H2,1-2H3/t15-/m1/s1. The molecule has 4 nitrogen and oxygen atoms in total. The van der Waals surface area contributed by atoms with Crippen LogP contribution in [0.1, 0.15) is 45.1 Å². The number of ether oxygens (including phenoxy) is 1. The minimum atomic E-state index is -0.649. The van der Waals surface area contributed by atoms with Gasteiger partial charge in [0.2, 0.25) is 0 Å². The maximum atomic E-state index is 12.0. The molecule has 0 spiro atoms. The fourth-order valence-electron chi connectivity index (χ4n) is 2.71. The summed E-state index contributed by atoms with van der Waals surface area (Å²) in [6.45, 7) is 4.50. The summed E-state index contributed by atoms with van der Waals surface area (Å²) in [6, 6.07) is 6.08. The van der Waals surface area contributed by atoms with Crippen molar-refractivity contribution < 1.29 is 14.6 Å². The molecule has 0 aliphatic heterocycles. The Morgan fingerprint density at radius 1 is 1.33 bits per heavy atom. The molecule has 0 heterocycles. The Bertz CT molecular complexity index is 471. The van der Waals surface area contributed by atoms with Crippen LogP contribution in [0.4, 0.5) is 0 Å². The van der Waals surface area contributed by atoms with E-state index >= 15 is 0 Å². The molecule has 21 heavy (non-hydrogen) atoms. The number of phenols is 1. The first-order valence-corrected chi connectivity index (χ1v) is 7.60. The van der Waals surface area contributed by atoms with Crippen LogP contribution in [0.15, 0.2) is 24.3 Å². The minimum absolute atomic E-state index is 0.0105. The summed E-state index contributed by atoms with van der Waals surface area (Å²) >= 11 is 0. The largest absolute Gasteiger partial charge is 0.508 e. The van der Waals surface area contributed by atoms with Crippen molar-refractivity contribution in [2.24, 2.45) is 11.1 Å². The summed E-state index contributed by atoms with van der Waals surface area (Å²) in [5.41, 5.74) is 7.20. The van der Waals surface area contributed by atoms with E-state index in [1.54, 1.807) is 24.3 Å². The second-order valence-electron chi connectivity index (χ2n) is 6.78. The van der Waals surface area contributed by atoms with Crippen molar-refractivity contribution in [3.8, 4) is 5.75 Å². The van der Waals surface area contributed by atoms with E-state index in [2.05, 4.69) is 13.8 Å².